The number of pyridine rings is 1. The molecule has 0 aliphatic carbocycles. The van der Waals surface area contributed by atoms with Crippen LogP contribution in [-0.4, -0.2) is 29.5 Å². The first kappa shape index (κ1) is 33.6. The molecule has 0 saturated heterocycles. The maximum atomic E-state index is 6.96. The van der Waals surface area contributed by atoms with Crippen molar-refractivity contribution in [2.75, 3.05) is 16.5 Å². The van der Waals surface area contributed by atoms with E-state index < -0.39 is 13.3 Å². The molecule has 12 rings (SSSR count). The normalized spacial score (nSPS) is 14.5. The van der Waals surface area contributed by atoms with E-state index in [1.165, 1.54) is 67.8 Å². The number of benzene rings is 7. The molecule has 0 unspecified atom stereocenters. The summed E-state index contributed by atoms with van der Waals surface area (Å²) in [6, 6.07) is 62.6. The van der Waals surface area contributed by atoms with Gasteiger partial charge < -0.3 is 0 Å². The van der Waals surface area contributed by atoms with Gasteiger partial charge in [0, 0.05) is 0 Å². The second kappa shape index (κ2) is 12.2. The minimum atomic E-state index is -3.52. The summed E-state index contributed by atoms with van der Waals surface area (Å²) in [7, 11) is 0. The van der Waals surface area contributed by atoms with Gasteiger partial charge in [-0.15, -0.1) is 0 Å². The minimum absolute atomic E-state index is 0.00297. The van der Waals surface area contributed by atoms with E-state index in [0.29, 0.717) is 0 Å². The van der Waals surface area contributed by atoms with Gasteiger partial charge in [0.05, 0.1) is 0 Å². The molecule has 3 aliphatic rings. The Labute approximate surface area is 340 Å². The summed E-state index contributed by atoms with van der Waals surface area (Å²) in [5, 5.41) is 2.37. The molecule has 5 heterocycles. The van der Waals surface area contributed by atoms with Crippen molar-refractivity contribution >= 4 is 75.4 Å². The van der Waals surface area contributed by atoms with Crippen LogP contribution in [0.25, 0.3) is 38.8 Å². The fraction of sp³-hybridized carbons (Fsp3) is 0.0962. The Morgan fingerprint density at radius 3 is 2.00 bits per heavy atom. The van der Waals surface area contributed by atoms with Crippen LogP contribution in [0.2, 0.25) is 0 Å². The van der Waals surface area contributed by atoms with Gasteiger partial charge in [-0.25, -0.2) is 0 Å². The van der Waals surface area contributed by atoms with E-state index in [1.54, 1.807) is 0 Å². The van der Waals surface area contributed by atoms with E-state index in [2.05, 4.69) is 205 Å². The van der Waals surface area contributed by atoms with E-state index >= 15 is 0 Å². The van der Waals surface area contributed by atoms with Gasteiger partial charge in [0.2, 0.25) is 0 Å². The van der Waals surface area contributed by atoms with Crippen molar-refractivity contribution in [1.29, 1.82) is 0 Å². The molecule has 6 heteroatoms. The van der Waals surface area contributed by atoms with Crippen LogP contribution in [0.5, 0.6) is 11.5 Å². The third kappa shape index (κ3) is 4.62. The molecule has 278 valence electrons. The third-order valence-corrected chi connectivity index (χ3v) is 23.0. The van der Waals surface area contributed by atoms with Gasteiger partial charge in [-0.1, -0.05) is 20.8 Å². The zero-order valence-electron chi connectivity index (χ0n) is 32.6. The van der Waals surface area contributed by atoms with E-state index in [9.17, 15) is 0 Å². The van der Waals surface area contributed by atoms with Gasteiger partial charge in [0.15, 0.2) is 0 Å². The average Bonchev–Trinajstić information content (AvgIpc) is 3.90. The Hall–Kier alpha value is -6.57. The fourth-order valence-corrected chi connectivity index (χ4v) is 21.8. The molecular weight excluding hydrogens is 769 g/mol. The molecule has 58 heavy (non-hydrogen) atoms. The average molecular weight is 810 g/mol. The Balaban J connectivity index is 1.05. The molecule has 0 saturated carbocycles. The number of anilines is 4. The number of fused-ring (bicyclic) bond motifs is 12. The first-order valence-corrected chi connectivity index (χ1v) is 24.3. The SMILES string of the molecule is CC(C)(C)c1ccnc(-n2c3ccccc3c3ccc(Oc4cc[c]5c(c4)N4CN(c6ccccc6)c6ccc[c](c64)[Ge]54[c]5ccccc5-c5cccc[c]54)cc32)c1. The van der Waals surface area contributed by atoms with Crippen molar-refractivity contribution in [3.05, 3.63) is 182 Å². The van der Waals surface area contributed by atoms with Crippen molar-refractivity contribution < 1.29 is 4.74 Å². The van der Waals surface area contributed by atoms with Crippen LogP contribution in [0, 0.1) is 0 Å². The van der Waals surface area contributed by atoms with E-state index in [-0.39, 0.29) is 5.41 Å². The van der Waals surface area contributed by atoms with Crippen molar-refractivity contribution in [2.45, 2.75) is 26.2 Å². The number of hydrogen-bond donors (Lipinski definition) is 0. The second-order valence-electron chi connectivity index (χ2n) is 16.8. The summed E-state index contributed by atoms with van der Waals surface area (Å²) in [5.74, 6) is 2.52. The number of aromatic nitrogens is 2. The Kier molecular flexibility index (Phi) is 7.07. The monoisotopic (exact) mass is 810 g/mol. The summed E-state index contributed by atoms with van der Waals surface area (Å²) in [6.45, 7) is 7.47. The molecule has 5 nitrogen and oxygen atoms in total. The first-order valence-electron chi connectivity index (χ1n) is 20.1. The van der Waals surface area contributed by atoms with Crippen LogP contribution in [0.15, 0.2) is 176 Å². The van der Waals surface area contributed by atoms with Crippen LogP contribution in [0.3, 0.4) is 0 Å². The molecule has 0 fully saturated rings. The zero-order chi connectivity index (χ0) is 38.8. The van der Waals surface area contributed by atoms with Crippen LogP contribution >= 0.6 is 0 Å². The molecule has 0 radical (unpaired) electrons. The van der Waals surface area contributed by atoms with E-state index in [1.807, 2.05) is 6.20 Å². The summed E-state index contributed by atoms with van der Waals surface area (Å²) in [5.41, 5.74) is 11.2. The number of nitrogens with zero attached hydrogens (tertiary/aromatic N) is 4. The van der Waals surface area contributed by atoms with Crippen molar-refractivity contribution in [1.82, 2.24) is 9.55 Å². The summed E-state index contributed by atoms with van der Waals surface area (Å²) in [6.07, 6.45) is 1.93. The molecule has 9 aromatic rings. The predicted octanol–water partition coefficient (Wildman–Crippen LogP) is 10.2. The number of hydrogen-bond acceptors (Lipinski definition) is 4. The van der Waals surface area contributed by atoms with Crippen LogP contribution in [-0.2, 0) is 5.41 Å². The molecule has 0 N–H and O–H groups in total. The van der Waals surface area contributed by atoms with Crippen molar-refractivity contribution in [2.24, 2.45) is 0 Å². The van der Waals surface area contributed by atoms with Crippen LogP contribution in [0.1, 0.15) is 26.3 Å². The second-order valence-corrected chi connectivity index (χ2v) is 24.5. The molecule has 2 aromatic heterocycles. The molecule has 0 atom stereocenters. The van der Waals surface area contributed by atoms with Crippen LogP contribution in [0.4, 0.5) is 22.7 Å². The zero-order valence-corrected chi connectivity index (χ0v) is 34.7. The number of ether oxygens (including phenoxy) is 1. The summed E-state index contributed by atoms with van der Waals surface area (Å²) in [4.78, 5) is 9.93. The van der Waals surface area contributed by atoms with Crippen LogP contribution < -0.4 is 32.1 Å². The van der Waals surface area contributed by atoms with Gasteiger partial charge in [-0.2, -0.15) is 0 Å². The standard InChI is InChI=1S/C52H40GeN4O/c1-52(2,3)34-28-29-54-50(30-34)57-46-22-12-9-18-40(46)41-26-24-36(31-48(41)57)58-37-25-27-44-49(32-37)56-33-55(35-14-5-4-6-15-35)47-23-13-21-45(51(47)56)53(44)42-19-10-7-16-38(42)39-17-8-11-20-43(39)53/h4-32H,33H2,1-3H3. The topological polar surface area (TPSA) is 33.5 Å². The molecule has 0 amide bonds. The van der Waals surface area contributed by atoms with Crippen molar-refractivity contribution in [3.63, 3.8) is 0 Å². The quantitative estimate of drug-likeness (QED) is 0.166. The van der Waals surface area contributed by atoms with Gasteiger partial charge in [-0.3, -0.25) is 0 Å². The first-order chi connectivity index (χ1) is 28.4. The molecule has 7 aromatic carbocycles. The summed E-state index contributed by atoms with van der Waals surface area (Å²) < 4.78 is 15.2. The molecular formula is C52H40GeN4O. The van der Waals surface area contributed by atoms with E-state index in [0.717, 1.165) is 35.0 Å². The predicted molar refractivity (Wildman–Crippen MR) is 242 cm³/mol. The van der Waals surface area contributed by atoms with Gasteiger partial charge in [0.1, 0.15) is 0 Å². The molecule has 1 spiro atoms. The molecule has 3 aliphatic heterocycles. The number of rotatable bonds is 4. The number of para-hydroxylation sites is 3. The van der Waals surface area contributed by atoms with Gasteiger partial charge in [0.25, 0.3) is 0 Å². The molecule has 0 bridgehead atoms. The van der Waals surface area contributed by atoms with E-state index in [4.69, 9.17) is 9.72 Å². The Bertz CT molecular complexity index is 3100. The third-order valence-electron chi connectivity index (χ3n) is 12.7. The maximum absolute atomic E-state index is 6.96. The fourth-order valence-electron chi connectivity index (χ4n) is 10.1. The Morgan fingerprint density at radius 1 is 0.534 bits per heavy atom. The Morgan fingerprint density at radius 2 is 1.21 bits per heavy atom. The van der Waals surface area contributed by atoms with Gasteiger partial charge >= 0.3 is 310 Å². The summed E-state index contributed by atoms with van der Waals surface area (Å²) >= 11 is -3.52. The van der Waals surface area contributed by atoms with Crippen molar-refractivity contribution in [3.8, 4) is 28.4 Å². The van der Waals surface area contributed by atoms with Gasteiger partial charge in [-0.05, 0) is 11.5 Å².